The zero-order valence-electron chi connectivity index (χ0n) is 11.0. The Bertz CT molecular complexity index is 661. The number of fused-ring (bicyclic) bond motifs is 1. The molecule has 0 unspecified atom stereocenters. The van der Waals surface area contributed by atoms with Gasteiger partial charge in [0.15, 0.2) is 0 Å². The molecule has 4 nitrogen and oxygen atoms in total. The molecule has 4 heteroatoms. The summed E-state index contributed by atoms with van der Waals surface area (Å²) in [5.41, 5.74) is 9.09. The number of nitrogens with two attached hydrogens (primary N) is 1. The highest BCUT2D eigenvalue weighted by Crippen LogP contribution is 2.36. The van der Waals surface area contributed by atoms with Crippen molar-refractivity contribution in [2.45, 2.75) is 12.5 Å². The highest BCUT2D eigenvalue weighted by molar-refractivity contribution is 5.76. The van der Waals surface area contributed by atoms with Gasteiger partial charge >= 0.3 is 0 Å². The van der Waals surface area contributed by atoms with Crippen molar-refractivity contribution in [1.29, 1.82) is 5.26 Å². The van der Waals surface area contributed by atoms with Crippen LogP contribution < -0.4 is 15.8 Å². The third kappa shape index (κ3) is 2.39. The fourth-order valence-electron chi connectivity index (χ4n) is 2.41. The lowest BCUT2D eigenvalue weighted by atomic mass is 10.0. The van der Waals surface area contributed by atoms with E-state index in [9.17, 15) is 0 Å². The van der Waals surface area contributed by atoms with Gasteiger partial charge in [-0.15, -0.1) is 0 Å². The van der Waals surface area contributed by atoms with E-state index in [0.29, 0.717) is 23.6 Å². The molecule has 1 heterocycles. The number of benzene rings is 2. The highest BCUT2D eigenvalue weighted by Gasteiger charge is 2.21. The second-order valence-electron chi connectivity index (χ2n) is 4.89. The first-order valence-electron chi connectivity index (χ1n) is 6.53. The summed E-state index contributed by atoms with van der Waals surface area (Å²) in [6.45, 7) is 0.566. The van der Waals surface area contributed by atoms with Gasteiger partial charge in [-0.1, -0.05) is 30.3 Å². The molecule has 3 N–H and O–H groups in total. The van der Waals surface area contributed by atoms with Crippen LogP contribution in [0.15, 0.2) is 42.5 Å². The Labute approximate surface area is 117 Å². The quantitative estimate of drug-likeness (QED) is 0.819. The molecule has 0 bridgehead atoms. The van der Waals surface area contributed by atoms with E-state index >= 15 is 0 Å². The summed E-state index contributed by atoms with van der Waals surface area (Å²) >= 11 is 0. The minimum atomic E-state index is 0.181. The molecule has 1 aliphatic heterocycles. The molecule has 2 aromatic rings. The van der Waals surface area contributed by atoms with E-state index in [4.69, 9.17) is 15.7 Å². The van der Waals surface area contributed by atoms with Crippen LogP contribution in [0.2, 0.25) is 0 Å². The molecule has 1 aliphatic rings. The molecule has 3 rings (SSSR count). The number of nitriles is 1. The minimum Gasteiger partial charge on any atom is -0.489 e. The average Bonchev–Trinajstić information content (AvgIpc) is 2.48. The van der Waals surface area contributed by atoms with Gasteiger partial charge in [0.2, 0.25) is 0 Å². The van der Waals surface area contributed by atoms with Crippen LogP contribution in [0.4, 0.5) is 11.4 Å². The summed E-state index contributed by atoms with van der Waals surface area (Å²) < 4.78 is 5.74. The predicted molar refractivity (Wildman–Crippen MR) is 78.6 cm³/mol. The summed E-state index contributed by atoms with van der Waals surface area (Å²) in [4.78, 5) is 0. The van der Waals surface area contributed by atoms with Gasteiger partial charge in [-0.3, -0.25) is 0 Å². The summed E-state index contributed by atoms with van der Waals surface area (Å²) in [7, 11) is 0. The zero-order chi connectivity index (χ0) is 13.9. The van der Waals surface area contributed by atoms with Gasteiger partial charge in [-0.25, -0.2) is 0 Å². The summed E-state index contributed by atoms with van der Waals surface area (Å²) in [5, 5.41) is 12.3. The number of ether oxygens (including phenoxy) is 1. The maximum Gasteiger partial charge on any atom is 0.145 e. The number of nitrogens with one attached hydrogen (secondary N) is 1. The van der Waals surface area contributed by atoms with Crippen molar-refractivity contribution in [2.24, 2.45) is 0 Å². The van der Waals surface area contributed by atoms with E-state index in [1.807, 2.05) is 18.2 Å². The first kappa shape index (κ1) is 12.4. The van der Waals surface area contributed by atoms with E-state index in [-0.39, 0.29) is 6.04 Å². The smallest absolute Gasteiger partial charge is 0.145 e. The fourth-order valence-corrected chi connectivity index (χ4v) is 2.41. The first-order valence-corrected chi connectivity index (χ1v) is 6.53. The van der Waals surface area contributed by atoms with Gasteiger partial charge in [0.25, 0.3) is 0 Å². The Balaban J connectivity index is 1.81. The van der Waals surface area contributed by atoms with Crippen molar-refractivity contribution in [1.82, 2.24) is 0 Å². The molecule has 0 fully saturated rings. The zero-order valence-corrected chi connectivity index (χ0v) is 11.0. The van der Waals surface area contributed by atoms with Crippen LogP contribution in [0.1, 0.15) is 11.1 Å². The third-order valence-corrected chi connectivity index (χ3v) is 3.38. The third-order valence-electron chi connectivity index (χ3n) is 3.38. The van der Waals surface area contributed by atoms with E-state index in [2.05, 4.69) is 23.5 Å². The number of rotatable bonds is 2. The first-order chi connectivity index (χ1) is 9.76. The number of anilines is 2. The lowest BCUT2D eigenvalue weighted by Crippen LogP contribution is -2.33. The van der Waals surface area contributed by atoms with E-state index in [1.165, 1.54) is 5.56 Å². The molecule has 0 amide bonds. The molecule has 0 aliphatic carbocycles. The topological polar surface area (TPSA) is 71.1 Å². The van der Waals surface area contributed by atoms with Crippen LogP contribution in [0, 0.1) is 11.3 Å². The molecular weight excluding hydrogens is 250 g/mol. The SMILES string of the molecule is N#Cc1cc(N)c2c(c1)OC[C@H](Cc1ccccc1)N2. The summed E-state index contributed by atoms with van der Waals surface area (Å²) in [6, 6.07) is 15.9. The second-order valence-corrected chi connectivity index (χ2v) is 4.89. The van der Waals surface area contributed by atoms with Crippen LogP contribution in [0.5, 0.6) is 5.75 Å². The van der Waals surface area contributed by atoms with Gasteiger partial charge in [-0.05, 0) is 18.1 Å². The fraction of sp³-hybridized carbons (Fsp3) is 0.188. The maximum absolute atomic E-state index is 8.93. The Morgan fingerprint density at radius 2 is 2.10 bits per heavy atom. The maximum atomic E-state index is 8.93. The van der Waals surface area contributed by atoms with E-state index < -0.39 is 0 Å². The molecule has 0 aromatic heterocycles. The van der Waals surface area contributed by atoms with Crippen molar-refractivity contribution < 1.29 is 4.74 Å². The highest BCUT2D eigenvalue weighted by atomic mass is 16.5. The lowest BCUT2D eigenvalue weighted by Gasteiger charge is -2.28. The van der Waals surface area contributed by atoms with Crippen molar-refractivity contribution >= 4 is 11.4 Å². The molecule has 2 aromatic carbocycles. The number of hydrogen-bond donors (Lipinski definition) is 2. The van der Waals surface area contributed by atoms with Crippen LogP contribution in [-0.4, -0.2) is 12.6 Å². The Morgan fingerprint density at radius 3 is 2.85 bits per heavy atom. The predicted octanol–water partition coefficient (Wildman–Crippen LogP) is 2.56. The number of nitrogens with zero attached hydrogens (tertiary/aromatic N) is 1. The molecular formula is C16H15N3O. The molecule has 0 radical (unpaired) electrons. The molecule has 1 atom stereocenters. The van der Waals surface area contributed by atoms with Crippen molar-refractivity contribution in [3.8, 4) is 11.8 Å². The van der Waals surface area contributed by atoms with Gasteiger partial charge in [0.1, 0.15) is 18.0 Å². The van der Waals surface area contributed by atoms with Crippen molar-refractivity contribution in [2.75, 3.05) is 17.7 Å². The van der Waals surface area contributed by atoms with Crippen LogP contribution >= 0.6 is 0 Å². The Hall–Kier alpha value is -2.67. The van der Waals surface area contributed by atoms with Crippen molar-refractivity contribution in [3.63, 3.8) is 0 Å². The van der Waals surface area contributed by atoms with Gasteiger partial charge in [0, 0.05) is 6.07 Å². The van der Waals surface area contributed by atoms with Gasteiger partial charge < -0.3 is 15.8 Å². The van der Waals surface area contributed by atoms with Crippen molar-refractivity contribution in [3.05, 3.63) is 53.6 Å². The standard InChI is InChI=1S/C16H15N3O/c17-9-12-7-14(18)16-15(8-12)20-10-13(19-16)6-11-4-2-1-3-5-11/h1-5,7-8,13,19H,6,10,18H2/t13-/m0/s1. The summed E-state index contributed by atoms with van der Waals surface area (Å²) in [6.07, 6.45) is 0.875. The number of hydrogen-bond acceptors (Lipinski definition) is 4. The molecule has 0 saturated carbocycles. The van der Waals surface area contributed by atoms with Crippen LogP contribution in [0.3, 0.4) is 0 Å². The molecule has 20 heavy (non-hydrogen) atoms. The number of nitrogen functional groups attached to an aromatic ring is 1. The largest absolute Gasteiger partial charge is 0.489 e. The van der Waals surface area contributed by atoms with Crippen LogP contribution in [0.25, 0.3) is 0 Å². The summed E-state index contributed by atoms with van der Waals surface area (Å²) in [5.74, 6) is 0.658. The second kappa shape index (κ2) is 5.14. The Kier molecular flexibility index (Phi) is 3.18. The lowest BCUT2D eigenvalue weighted by molar-refractivity contribution is 0.284. The van der Waals surface area contributed by atoms with Crippen LogP contribution in [-0.2, 0) is 6.42 Å². The molecule has 0 saturated heterocycles. The van der Waals surface area contributed by atoms with E-state index in [1.54, 1.807) is 12.1 Å². The molecule has 100 valence electrons. The minimum absolute atomic E-state index is 0.181. The molecule has 0 spiro atoms. The normalized spacial score (nSPS) is 16.4. The average molecular weight is 265 g/mol. The Morgan fingerprint density at radius 1 is 1.30 bits per heavy atom. The monoisotopic (exact) mass is 265 g/mol. The van der Waals surface area contributed by atoms with Gasteiger partial charge in [0.05, 0.1) is 23.4 Å². The van der Waals surface area contributed by atoms with E-state index in [0.717, 1.165) is 12.1 Å². The van der Waals surface area contributed by atoms with Gasteiger partial charge in [-0.2, -0.15) is 5.26 Å².